The lowest BCUT2D eigenvalue weighted by molar-refractivity contribution is -0.250. The van der Waals surface area contributed by atoms with Crippen molar-refractivity contribution >= 4 is 11.9 Å². The number of esters is 1. The van der Waals surface area contributed by atoms with E-state index in [1.165, 1.54) is 17.1 Å². The van der Waals surface area contributed by atoms with Gasteiger partial charge in [-0.1, -0.05) is 52.0 Å². The quantitative estimate of drug-likeness (QED) is 0.249. The molecule has 11 nitrogen and oxygen atoms in total. The van der Waals surface area contributed by atoms with Crippen LogP contribution in [0.5, 0.6) is 0 Å². The number of carbonyl (C=O) groups excluding carboxylic acids is 1. The molecule has 2 heterocycles. The molecule has 11 heteroatoms. The second-order valence-electron chi connectivity index (χ2n) is 17.8. The van der Waals surface area contributed by atoms with E-state index in [0.717, 1.165) is 69.8 Å². The average Bonchev–Trinajstić information content (AvgIpc) is 3.65. The third kappa shape index (κ3) is 4.79. The Morgan fingerprint density at radius 1 is 0.980 bits per heavy atom. The minimum absolute atomic E-state index is 0.0651. The van der Waals surface area contributed by atoms with Gasteiger partial charge >= 0.3 is 17.6 Å². The predicted molar refractivity (Wildman–Crippen MR) is 183 cm³/mol. The van der Waals surface area contributed by atoms with Gasteiger partial charge < -0.3 is 14.8 Å². The molecule has 5 aliphatic rings. The van der Waals surface area contributed by atoms with Crippen LogP contribution >= 0.6 is 0 Å². The minimum Gasteiger partial charge on any atom is -0.481 e. The highest BCUT2D eigenvalue weighted by atomic mass is 16.5. The summed E-state index contributed by atoms with van der Waals surface area (Å²) in [6, 6.07) is 0. The fourth-order valence-corrected chi connectivity index (χ4v) is 13.1. The van der Waals surface area contributed by atoms with Gasteiger partial charge in [0.1, 0.15) is 18.3 Å². The number of hydrogen-bond acceptors (Lipinski definition) is 7. The summed E-state index contributed by atoms with van der Waals surface area (Å²) in [4.78, 5) is 54.5. The largest absolute Gasteiger partial charge is 0.481 e. The summed E-state index contributed by atoms with van der Waals surface area (Å²) >= 11 is 0. The molecule has 0 amide bonds. The summed E-state index contributed by atoms with van der Waals surface area (Å²) in [6.45, 7) is 18.5. The van der Waals surface area contributed by atoms with E-state index in [9.17, 15) is 24.3 Å². The number of carboxylic acid groups (broad SMARTS) is 1. The second-order valence-corrected chi connectivity index (χ2v) is 17.8. The third-order valence-corrected chi connectivity index (χ3v) is 15.6. The summed E-state index contributed by atoms with van der Waals surface area (Å²) in [5, 5.41) is 18.7. The van der Waals surface area contributed by atoms with Crippen molar-refractivity contribution in [3.05, 3.63) is 45.4 Å². The van der Waals surface area contributed by atoms with Crippen molar-refractivity contribution in [1.29, 1.82) is 0 Å². The highest BCUT2D eigenvalue weighted by Gasteiger charge is 2.72. The van der Waals surface area contributed by atoms with Gasteiger partial charge in [0.2, 0.25) is 0 Å². The van der Waals surface area contributed by atoms with Gasteiger partial charge in [0.05, 0.1) is 17.2 Å². The Labute approximate surface area is 287 Å². The Bertz CT molecular complexity index is 1810. The number of carboxylic acids is 1. The number of nitrogens with zero attached hydrogens (tertiary/aromatic N) is 3. The molecule has 0 radical (unpaired) electrons. The van der Waals surface area contributed by atoms with Crippen molar-refractivity contribution in [2.24, 2.45) is 56.7 Å². The average molecular weight is 676 g/mol. The number of allylic oxidation sites excluding steroid dienone is 1. The number of fused-ring (bicyclic) bond motifs is 7. The molecule has 0 aliphatic heterocycles. The van der Waals surface area contributed by atoms with Gasteiger partial charge in [0, 0.05) is 11.6 Å². The van der Waals surface area contributed by atoms with Crippen LogP contribution in [0.1, 0.15) is 106 Å². The number of aromatic nitrogens is 5. The van der Waals surface area contributed by atoms with Crippen molar-refractivity contribution in [1.82, 2.24) is 25.0 Å². The van der Waals surface area contributed by atoms with Crippen LogP contribution in [0.4, 0.5) is 0 Å². The maximum absolute atomic E-state index is 13.3. The first-order chi connectivity index (χ1) is 23.0. The minimum atomic E-state index is -0.616. The number of H-pyrrole nitrogens is 2. The SMILES string of the molecule is C=C(C)[C@@H]1CC[C@]2(C(=O)O)CC[C@]3(C)[C@H](CC[C@@H]4[C@@]5(C)CC[C@H](OC(=O)Cn6cc(-c7c[nH]c(=O)[nH]c7=O)nn6)C(C)(C)[C@@H]5CC[C@]43C)[C@@H]12. The van der Waals surface area contributed by atoms with Gasteiger partial charge in [-0.3, -0.25) is 19.4 Å². The van der Waals surface area contributed by atoms with Crippen molar-refractivity contribution in [2.75, 3.05) is 0 Å². The number of aromatic amines is 2. The van der Waals surface area contributed by atoms with Gasteiger partial charge in [0.25, 0.3) is 5.56 Å². The lowest BCUT2D eigenvalue weighted by Crippen LogP contribution is -2.67. The van der Waals surface area contributed by atoms with Crippen molar-refractivity contribution in [2.45, 2.75) is 118 Å². The molecule has 266 valence electrons. The highest BCUT2D eigenvalue weighted by molar-refractivity contribution is 5.76. The molecular weight excluding hydrogens is 622 g/mol. The van der Waals surface area contributed by atoms with Crippen LogP contribution in [0.15, 0.2) is 34.1 Å². The van der Waals surface area contributed by atoms with Crippen LogP contribution in [0.2, 0.25) is 0 Å². The van der Waals surface area contributed by atoms with Gasteiger partial charge in [-0.2, -0.15) is 0 Å². The first-order valence-electron chi connectivity index (χ1n) is 18.3. The Balaban J connectivity index is 1.09. The molecule has 0 bridgehead atoms. The van der Waals surface area contributed by atoms with Crippen LogP contribution in [-0.4, -0.2) is 48.1 Å². The molecule has 0 spiro atoms. The number of aliphatic carboxylic acids is 1. The molecule has 5 saturated carbocycles. The van der Waals surface area contributed by atoms with E-state index < -0.39 is 28.6 Å². The van der Waals surface area contributed by atoms with Crippen molar-refractivity contribution in [3.8, 4) is 11.3 Å². The third-order valence-electron chi connectivity index (χ3n) is 15.6. The number of rotatable bonds is 6. The van der Waals surface area contributed by atoms with Gasteiger partial charge in [-0.25, -0.2) is 9.48 Å². The molecule has 0 unspecified atom stereocenters. The summed E-state index contributed by atoms with van der Waals surface area (Å²) in [6.07, 6.45) is 12.1. The molecule has 2 aromatic rings. The van der Waals surface area contributed by atoms with Crippen LogP contribution < -0.4 is 11.2 Å². The molecule has 49 heavy (non-hydrogen) atoms. The Morgan fingerprint density at radius 3 is 2.43 bits per heavy atom. The van der Waals surface area contributed by atoms with Crippen LogP contribution in [0.3, 0.4) is 0 Å². The van der Waals surface area contributed by atoms with Gasteiger partial charge in [-0.05, 0) is 117 Å². The van der Waals surface area contributed by atoms with Gasteiger partial charge in [0.15, 0.2) is 0 Å². The molecular formula is C38H53N5O6. The summed E-state index contributed by atoms with van der Waals surface area (Å²) < 4.78 is 7.59. The molecule has 0 saturated heterocycles. The first-order valence-corrected chi connectivity index (χ1v) is 18.3. The zero-order valence-electron chi connectivity index (χ0n) is 29.9. The van der Waals surface area contributed by atoms with Crippen molar-refractivity contribution in [3.63, 3.8) is 0 Å². The lowest BCUT2D eigenvalue weighted by atomic mass is 9.32. The molecule has 10 atom stereocenters. The van der Waals surface area contributed by atoms with E-state index in [4.69, 9.17) is 4.74 Å². The molecule has 7 rings (SSSR count). The molecule has 5 aliphatic carbocycles. The van der Waals surface area contributed by atoms with Crippen LogP contribution in [0.25, 0.3) is 11.3 Å². The Morgan fingerprint density at radius 2 is 1.73 bits per heavy atom. The lowest BCUT2D eigenvalue weighted by Gasteiger charge is -2.72. The first kappa shape index (κ1) is 34.0. The van der Waals surface area contributed by atoms with Crippen LogP contribution in [0, 0.1) is 56.7 Å². The topological polar surface area (TPSA) is 160 Å². The zero-order chi connectivity index (χ0) is 35.3. The van der Waals surface area contributed by atoms with E-state index in [1.807, 2.05) is 0 Å². The summed E-state index contributed by atoms with van der Waals surface area (Å²) in [7, 11) is 0. The van der Waals surface area contributed by atoms with Crippen molar-refractivity contribution < 1.29 is 19.4 Å². The van der Waals surface area contributed by atoms with E-state index in [1.54, 1.807) is 0 Å². The van der Waals surface area contributed by atoms with Crippen LogP contribution in [-0.2, 0) is 20.9 Å². The fourth-order valence-electron chi connectivity index (χ4n) is 13.1. The predicted octanol–water partition coefficient (Wildman–Crippen LogP) is 5.98. The van der Waals surface area contributed by atoms with E-state index in [2.05, 4.69) is 68.4 Å². The van der Waals surface area contributed by atoms with Gasteiger partial charge in [-0.15, -0.1) is 5.10 Å². The summed E-state index contributed by atoms with van der Waals surface area (Å²) in [5.41, 5.74) is -0.220. The zero-order valence-corrected chi connectivity index (χ0v) is 29.9. The maximum atomic E-state index is 13.3. The smallest absolute Gasteiger partial charge is 0.328 e. The highest BCUT2D eigenvalue weighted by Crippen LogP contribution is 2.77. The summed E-state index contributed by atoms with van der Waals surface area (Å²) in [5.74, 6) is 0.743. The Hall–Kier alpha value is -3.50. The van der Waals surface area contributed by atoms with E-state index >= 15 is 0 Å². The standard InChI is InChI=1S/C38H53N5O6/c1-21(2)22-10-15-38(32(46)47)17-16-36(6)24(30(22)38)8-9-27-35(5)13-12-28(34(3,4)26(35)11-14-37(27,36)7)49-29(44)20-43-19-25(41-42-43)23-18-39-33(48)40-31(23)45/h18-19,22,24,26-28,30H,1,8-17,20H2,2-7H3,(H,46,47)(H2,39,40,45,48)/t22-,24+,26-,27+,28-,30+,35-,36+,37+,38-/m0/s1. The Kier molecular flexibility index (Phi) is 7.80. The monoisotopic (exact) mass is 675 g/mol. The number of hydrogen-bond donors (Lipinski definition) is 3. The fraction of sp³-hybridized carbons (Fsp3) is 0.737. The maximum Gasteiger partial charge on any atom is 0.328 e. The van der Waals surface area contributed by atoms with E-state index in [-0.39, 0.29) is 57.4 Å². The molecule has 2 aromatic heterocycles. The molecule has 0 aromatic carbocycles. The number of nitrogens with one attached hydrogen (secondary N) is 2. The second kappa shape index (κ2) is 11.3. The van der Waals surface area contributed by atoms with E-state index in [0.29, 0.717) is 17.8 Å². The normalized spacial score (nSPS) is 40.7. The number of ether oxygens (including phenoxy) is 1. The molecule has 3 N–H and O–H groups in total. The number of carbonyl (C=O) groups is 2. The molecule has 5 fully saturated rings.